The number of likely N-dealkylation sites (tertiary alicyclic amines) is 1. The van der Waals surface area contributed by atoms with Crippen molar-refractivity contribution in [2.75, 3.05) is 12.3 Å². The zero-order valence-corrected chi connectivity index (χ0v) is 17.9. The number of hydrogen-bond donors (Lipinski definition) is 2. The number of piperidine rings is 1. The number of aromatic nitrogens is 5. The molecule has 1 aromatic carbocycles. The predicted molar refractivity (Wildman–Crippen MR) is 117 cm³/mol. The lowest BCUT2D eigenvalue weighted by atomic mass is 9.92. The number of nitrogen functional groups attached to an aromatic ring is 1. The van der Waals surface area contributed by atoms with Crippen molar-refractivity contribution in [3.63, 3.8) is 0 Å². The average molecular weight is 452 g/mol. The maximum Gasteiger partial charge on any atom is 0.272 e. The van der Waals surface area contributed by atoms with Gasteiger partial charge in [0.15, 0.2) is 17.3 Å². The molecule has 11 heteroatoms. The van der Waals surface area contributed by atoms with Crippen LogP contribution < -0.4 is 11.5 Å². The number of carbonyl (C=O) groups excluding carboxylic acids is 1. The maximum atomic E-state index is 14.2. The second-order valence-corrected chi connectivity index (χ2v) is 8.30. The Hall–Kier alpha value is -3.73. The van der Waals surface area contributed by atoms with Gasteiger partial charge in [-0.25, -0.2) is 18.7 Å². The van der Waals surface area contributed by atoms with Gasteiger partial charge in [-0.1, -0.05) is 6.07 Å². The number of pyridine rings is 1. The van der Waals surface area contributed by atoms with E-state index in [-0.39, 0.29) is 40.4 Å². The van der Waals surface area contributed by atoms with Gasteiger partial charge in [0.05, 0.1) is 5.39 Å². The first-order valence-electron chi connectivity index (χ1n) is 10.6. The SMILES string of the molecule is C[C@H]1CC[C@@H](c2nc3c4cc(F)cc(F)c4nc(N)n3n2)CN1C(=O)c1ccc(CN)cn1. The van der Waals surface area contributed by atoms with Crippen LogP contribution in [0.5, 0.6) is 0 Å². The molecule has 1 amide bonds. The summed E-state index contributed by atoms with van der Waals surface area (Å²) in [5.74, 6) is -1.54. The molecule has 170 valence electrons. The van der Waals surface area contributed by atoms with E-state index in [0.717, 1.165) is 30.5 Å². The molecular formula is C22H22F2N8O. The zero-order chi connectivity index (χ0) is 23.3. The lowest BCUT2D eigenvalue weighted by Gasteiger charge is -2.36. The first kappa shape index (κ1) is 21.1. The molecule has 0 saturated carbocycles. The van der Waals surface area contributed by atoms with E-state index in [9.17, 15) is 13.6 Å². The van der Waals surface area contributed by atoms with Crippen LogP contribution in [-0.4, -0.2) is 48.0 Å². The summed E-state index contributed by atoms with van der Waals surface area (Å²) < 4.78 is 29.4. The third-order valence-electron chi connectivity index (χ3n) is 6.12. The minimum absolute atomic E-state index is 0.0116. The van der Waals surface area contributed by atoms with Crippen molar-refractivity contribution in [1.29, 1.82) is 0 Å². The van der Waals surface area contributed by atoms with Gasteiger partial charge in [0, 0.05) is 37.3 Å². The van der Waals surface area contributed by atoms with Crippen LogP contribution in [0.2, 0.25) is 0 Å². The van der Waals surface area contributed by atoms with Gasteiger partial charge < -0.3 is 16.4 Å². The van der Waals surface area contributed by atoms with E-state index < -0.39 is 11.6 Å². The summed E-state index contributed by atoms with van der Waals surface area (Å²) in [5.41, 5.74) is 12.9. The Morgan fingerprint density at radius 2 is 2.03 bits per heavy atom. The molecule has 3 aromatic heterocycles. The van der Waals surface area contributed by atoms with Gasteiger partial charge in [0.25, 0.3) is 5.91 Å². The Bertz CT molecular complexity index is 1370. The van der Waals surface area contributed by atoms with E-state index in [2.05, 4.69) is 20.1 Å². The summed E-state index contributed by atoms with van der Waals surface area (Å²) in [6.45, 7) is 2.72. The second-order valence-electron chi connectivity index (χ2n) is 8.30. The summed E-state index contributed by atoms with van der Waals surface area (Å²) in [7, 11) is 0. The van der Waals surface area contributed by atoms with E-state index >= 15 is 0 Å². The molecule has 0 radical (unpaired) electrons. The van der Waals surface area contributed by atoms with Crippen molar-refractivity contribution in [1.82, 2.24) is 29.5 Å². The highest BCUT2D eigenvalue weighted by atomic mass is 19.1. The lowest BCUT2D eigenvalue weighted by Crippen LogP contribution is -2.45. The van der Waals surface area contributed by atoms with E-state index in [1.165, 1.54) is 4.52 Å². The minimum atomic E-state index is -0.819. The summed E-state index contributed by atoms with van der Waals surface area (Å²) >= 11 is 0. The monoisotopic (exact) mass is 452 g/mol. The van der Waals surface area contributed by atoms with Crippen molar-refractivity contribution in [3.8, 4) is 0 Å². The van der Waals surface area contributed by atoms with Gasteiger partial charge in [0.2, 0.25) is 5.95 Å². The Morgan fingerprint density at radius 3 is 2.76 bits per heavy atom. The van der Waals surface area contributed by atoms with Crippen LogP contribution in [-0.2, 0) is 6.54 Å². The third kappa shape index (κ3) is 3.63. The number of rotatable bonds is 3. The van der Waals surface area contributed by atoms with Crippen LogP contribution in [0.4, 0.5) is 14.7 Å². The first-order chi connectivity index (χ1) is 15.9. The molecule has 4 N–H and O–H groups in total. The molecule has 0 spiro atoms. The van der Waals surface area contributed by atoms with Crippen LogP contribution in [0.1, 0.15) is 47.6 Å². The van der Waals surface area contributed by atoms with Crippen molar-refractivity contribution >= 4 is 28.4 Å². The van der Waals surface area contributed by atoms with E-state index in [1.807, 2.05) is 6.92 Å². The maximum absolute atomic E-state index is 14.2. The fourth-order valence-corrected chi connectivity index (χ4v) is 4.27. The highest BCUT2D eigenvalue weighted by Gasteiger charge is 2.33. The van der Waals surface area contributed by atoms with E-state index in [0.29, 0.717) is 24.6 Å². The average Bonchev–Trinajstić information content (AvgIpc) is 3.26. The molecule has 5 rings (SSSR count). The molecule has 1 saturated heterocycles. The second kappa shape index (κ2) is 8.00. The number of carbonyl (C=O) groups is 1. The van der Waals surface area contributed by atoms with Crippen molar-refractivity contribution in [2.45, 2.75) is 38.3 Å². The molecule has 1 fully saturated rings. The van der Waals surface area contributed by atoms with Gasteiger partial charge in [0.1, 0.15) is 17.0 Å². The van der Waals surface area contributed by atoms with Crippen molar-refractivity contribution < 1.29 is 13.6 Å². The minimum Gasteiger partial charge on any atom is -0.368 e. The predicted octanol–water partition coefficient (Wildman–Crippen LogP) is 2.40. The molecule has 1 aliphatic heterocycles. The highest BCUT2D eigenvalue weighted by molar-refractivity contribution is 5.93. The number of amides is 1. The van der Waals surface area contributed by atoms with Gasteiger partial charge >= 0.3 is 0 Å². The number of nitrogens with two attached hydrogens (primary N) is 2. The molecule has 0 unspecified atom stereocenters. The zero-order valence-electron chi connectivity index (χ0n) is 17.9. The summed E-state index contributed by atoms with van der Waals surface area (Å²) in [4.78, 5) is 27.7. The summed E-state index contributed by atoms with van der Waals surface area (Å²) in [6.07, 6.45) is 3.09. The van der Waals surface area contributed by atoms with Crippen LogP contribution in [0.25, 0.3) is 16.6 Å². The van der Waals surface area contributed by atoms with Crippen LogP contribution in [0, 0.1) is 11.6 Å². The molecule has 2 atom stereocenters. The van der Waals surface area contributed by atoms with Crippen LogP contribution in [0.3, 0.4) is 0 Å². The number of anilines is 1. The first-order valence-corrected chi connectivity index (χ1v) is 10.6. The fourth-order valence-electron chi connectivity index (χ4n) is 4.27. The number of fused-ring (bicyclic) bond motifs is 3. The third-order valence-corrected chi connectivity index (χ3v) is 6.12. The van der Waals surface area contributed by atoms with E-state index in [1.54, 1.807) is 23.2 Å². The summed E-state index contributed by atoms with van der Waals surface area (Å²) in [5, 5.41) is 4.65. The number of hydrogen-bond acceptors (Lipinski definition) is 7. The lowest BCUT2D eigenvalue weighted by molar-refractivity contribution is 0.0600. The van der Waals surface area contributed by atoms with Gasteiger partial charge in [-0.3, -0.25) is 9.78 Å². The smallest absolute Gasteiger partial charge is 0.272 e. The molecule has 1 aliphatic rings. The standard InChI is InChI=1S/C22H22F2N8O/c1-11-2-4-13(10-31(11)21(33)17-5-3-12(8-25)9-27-17)19-29-20-15-6-14(23)7-16(24)18(15)28-22(26)32(20)30-19/h3,5-7,9,11,13H,2,4,8,10,25H2,1H3,(H2,26,28)/t11-,13+/m0/s1. The van der Waals surface area contributed by atoms with Crippen LogP contribution in [0.15, 0.2) is 30.5 Å². The van der Waals surface area contributed by atoms with Crippen molar-refractivity contribution in [2.24, 2.45) is 5.73 Å². The van der Waals surface area contributed by atoms with Gasteiger partial charge in [-0.15, -0.1) is 5.10 Å². The number of benzene rings is 1. The molecule has 0 bridgehead atoms. The van der Waals surface area contributed by atoms with E-state index in [4.69, 9.17) is 11.5 Å². The fraction of sp³-hybridized carbons (Fsp3) is 0.318. The topological polar surface area (TPSA) is 128 Å². The molecule has 9 nitrogen and oxygen atoms in total. The van der Waals surface area contributed by atoms with Gasteiger partial charge in [-0.05, 0) is 37.5 Å². The summed E-state index contributed by atoms with van der Waals surface area (Å²) in [6, 6.07) is 5.38. The normalized spacial score (nSPS) is 18.8. The molecule has 4 aromatic rings. The number of nitrogens with zero attached hydrogens (tertiary/aromatic N) is 6. The van der Waals surface area contributed by atoms with Gasteiger partial charge in [-0.2, -0.15) is 4.52 Å². The largest absolute Gasteiger partial charge is 0.368 e. The molecule has 4 heterocycles. The number of halogens is 2. The highest BCUT2D eigenvalue weighted by Crippen LogP contribution is 2.31. The Kier molecular flexibility index (Phi) is 5.12. The Labute approximate surface area is 187 Å². The quantitative estimate of drug-likeness (QED) is 0.488. The Morgan fingerprint density at radius 1 is 1.21 bits per heavy atom. The molecular weight excluding hydrogens is 430 g/mol. The van der Waals surface area contributed by atoms with Crippen molar-refractivity contribution in [3.05, 3.63) is 59.2 Å². The molecule has 0 aliphatic carbocycles. The molecule has 33 heavy (non-hydrogen) atoms. The Balaban J connectivity index is 1.50. The van der Waals surface area contributed by atoms with Crippen LogP contribution >= 0.6 is 0 Å².